The SMILES string of the molecule is CC(=O)c1ccc2c(c1)CCN2C(=O)C1CCCCC1. The summed E-state index contributed by atoms with van der Waals surface area (Å²) in [6, 6.07) is 5.74. The van der Waals surface area contributed by atoms with Gasteiger partial charge in [-0.25, -0.2) is 0 Å². The molecule has 0 N–H and O–H groups in total. The Morgan fingerprint density at radius 3 is 2.60 bits per heavy atom. The predicted octanol–water partition coefficient (Wildman–Crippen LogP) is 3.36. The van der Waals surface area contributed by atoms with Crippen molar-refractivity contribution in [3.8, 4) is 0 Å². The molecule has 1 fully saturated rings. The molecule has 1 heterocycles. The van der Waals surface area contributed by atoms with Crippen molar-refractivity contribution in [2.45, 2.75) is 45.4 Å². The molecule has 1 aliphatic carbocycles. The largest absolute Gasteiger partial charge is 0.312 e. The van der Waals surface area contributed by atoms with E-state index in [1.54, 1.807) is 6.92 Å². The highest BCUT2D eigenvalue weighted by atomic mass is 16.2. The van der Waals surface area contributed by atoms with Crippen molar-refractivity contribution in [2.24, 2.45) is 5.92 Å². The molecule has 1 saturated carbocycles. The third-order valence-corrected chi connectivity index (χ3v) is 4.60. The molecule has 0 radical (unpaired) electrons. The summed E-state index contributed by atoms with van der Waals surface area (Å²) in [5.41, 5.74) is 2.91. The first kappa shape index (κ1) is 13.3. The van der Waals surface area contributed by atoms with E-state index in [0.717, 1.165) is 42.6 Å². The van der Waals surface area contributed by atoms with Crippen LogP contribution in [0.15, 0.2) is 18.2 Å². The Labute approximate surface area is 120 Å². The lowest BCUT2D eigenvalue weighted by molar-refractivity contribution is -0.123. The zero-order chi connectivity index (χ0) is 14.1. The number of rotatable bonds is 2. The summed E-state index contributed by atoms with van der Waals surface area (Å²) in [5.74, 6) is 0.589. The summed E-state index contributed by atoms with van der Waals surface area (Å²) in [7, 11) is 0. The van der Waals surface area contributed by atoms with Crippen LogP contribution >= 0.6 is 0 Å². The monoisotopic (exact) mass is 271 g/mol. The second-order valence-corrected chi connectivity index (χ2v) is 5.97. The van der Waals surface area contributed by atoms with Crippen LogP contribution < -0.4 is 4.90 Å². The van der Waals surface area contributed by atoms with Gasteiger partial charge in [-0.05, 0) is 49.9 Å². The van der Waals surface area contributed by atoms with Crippen LogP contribution in [0.5, 0.6) is 0 Å². The lowest BCUT2D eigenvalue weighted by atomic mass is 9.88. The van der Waals surface area contributed by atoms with E-state index < -0.39 is 0 Å². The second-order valence-electron chi connectivity index (χ2n) is 5.97. The fourth-order valence-corrected chi connectivity index (χ4v) is 3.42. The molecule has 0 aromatic heterocycles. The number of Topliss-reactive ketones (excluding diaryl/α,β-unsaturated/α-hetero) is 1. The summed E-state index contributed by atoms with van der Waals surface area (Å²) >= 11 is 0. The van der Waals surface area contributed by atoms with Gasteiger partial charge in [0.2, 0.25) is 5.91 Å². The van der Waals surface area contributed by atoms with E-state index in [4.69, 9.17) is 0 Å². The summed E-state index contributed by atoms with van der Waals surface area (Å²) in [4.78, 5) is 26.0. The number of fused-ring (bicyclic) bond motifs is 1. The molecule has 20 heavy (non-hydrogen) atoms. The number of hydrogen-bond acceptors (Lipinski definition) is 2. The fourth-order valence-electron chi connectivity index (χ4n) is 3.42. The third-order valence-electron chi connectivity index (χ3n) is 4.60. The van der Waals surface area contributed by atoms with Crippen molar-refractivity contribution in [3.63, 3.8) is 0 Å². The Hall–Kier alpha value is -1.64. The van der Waals surface area contributed by atoms with E-state index in [0.29, 0.717) is 5.91 Å². The minimum atomic E-state index is 0.0878. The van der Waals surface area contributed by atoms with E-state index in [-0.39, 0.29) is 11.7 Å². The number of hydrogen-bond donors (Lipinski definition) is 0. The van der Waals surface area contributed by atoms with Crippen molar-refractivity contribution in [1.29, 1.82) is 0 Å². The minimum absolute atomic E-state index is 0.0878. The molecular weight excluding hydrogens is 250 g/mol. The molecule has 0 bridgehead atoms. The molecular formula is C17H21NO2. The van der Waals surface area contributed by atoms with Gasteiger partial charge in [-0.2, -0.15) is 0 Å². The van der Waals surface area contributed by atoms with Gasteiger partial charge >= 0.3 is 0 Å². The van der Waals surface area contributed by atoms with E-state index in [2.05, 4.69) is 0 Å². The van der Waals surface area contributed by atoms with Gasteiger partial charge < -0.3 is 4.90 Å². The average Bonchev–Trinajstić information content (AvgIpc) is 2.90. The van der Waals surface area contributed by atoms with E-state index in [9.17, 15) is 9.59 Å². The molecule has 1 aromatic rings. The van der Waals surface area contributed by atoms with Crippen molar-refractivity contribution in [2.75, 3.05) is 11.4 Å². The Morgan fingerprint density at radius 1 is 1.15 bits per heavy atom. The maximum Gasteiger partial charge on any atom is 0.230 e. The summed E-state index contributed by atoms with van der Waals surface area (Å²) in [5, 5.41) is 0. The molecule has 1 aromatic carbocycles. The maximum atomic E-state index is 12.6. The number of benzene rings is 1. The molecule has 2 aliphatic rings. The van der Waals surface area contributed by atoms with Gasteiger partial charge in [0.15, 0.2) is 5.78 Å². The standard InChI is InChI=1S/C17H21NO2/c1-12(19)14-7-8-16-15(11-14)9-10-18(16)17(20)13-5-3-2-4-6-13/h7-8,11,13H,2-6,9-10H2,1H3. The van der Waals surface area contributed by atoms with E-state index >= 15 is 0 Å². The topological polar surface area (TPSA) is 37.4 Å². The minimum Gasteiger partial charge on any atom is -0.312 e. The molecule has 106 valence electrons. The van der Waals surface area contributed by atoms with Crippen molar-refractivity contribution < 1.29 is 9.59 Å². The molecule has 0 spiro atoms. The molecule has 0 atom stereocenters. The summed E-state index contributed by atoms with van der Waals surface area (Å²) in [6.07, 6.45) is 6.57. The highest BCUT2D eigenvalue weighted by Gasteiger charge is 2.31. The molecule has 1 amide bonds. The number of amides is 1. The quantitative estimate of drug-likeness (QED) is 0.773. The molecule has 3 heteroatoms. The van der Waals surface area contributed by atoms with Gasteiger partial charge in [0.05, 0.1) is 0 Å². The normalized spacial score (nSPS) is 18.9. The van der Waals surface area contributed by atoms with Crippen LogP contribution in [0.25, 0.3) is 0 Å². The Kier molecular flexibility index (Phi) is 3.60. The maximum absolute atomic E-state index is 12.6. The molecule has 0 unspecified atom stereocenters. The third kappa shape index (κ3) is 2.37. The number of anilines is 1. The number of ketones is 1. The average molecular weight is 271 g/mol. The van der Waals surface area contributed by atoms with Crippen LogP contribution in [-0.4, -0.2) is 18.2 Å². The van der Waals surface area contributed by atoms with Crippen molar-refractivity contribution >= 4 is 17.4 Å². The molecule has 3 nitrogen and oxygen atoms in total. The number of carbonyl (C=O) groups excluding carboxylic acids is 2. The zero-order valence-corrected chi connectivity index (χ0v) is 12.0. The van der Waals surface area contributed by atoms with E-state index in [1.807, 2.05) is 23.1 Å². The lowest BCUT2D eigenvalue weighted by Crippen LogP contribution is -2.35. The first-order chi connectivity index (χ1) is 9.66. The van der Waals surface area contributed by atoms with Crippen LogP contribution in [0.4, 0.5) is 5.69 Å². The predicted molar refractivity (Wildman–Crippen MR) is 79.1 cm³/mol. The summed E-state index contributed by atoms with van der Waals surface area (Å²) in [6.45, 7) is 2.35. The van der Waals surface area contributed by atoms with Crippen molar-refractivity contribution in [3.05, 3.63) is 29.3 Å². The van der Waals surface area contributed by atoms with Gasteiger partial charge in [0.1, 0.15) is 0 Å². The van der Waals surface area contributed by atoms with Crippen LogP contribution in [0.3, 0.4) is 0 Å². The molecule has 3 rings (SSSR count). The fraction of sp³-hybridized carbons (Fsp3) is 0.529. The van der Waals surface area contributed by atoms with Crippen LogP contribution in [0, 0.1) is 5.92 Å². The lowest BCUT2D eigenvalue weighted by Gasteiger charge is -2.26. The van der Waals surface area contributed by atoms with Crippen molar-refractivity contribution in [1.82, 2.24) is 0 Å². The van der Waals surface area contributed by atoms with Gasteiger partial charge in [-0.15, -0.1) is 0 Å². The first-order valence-corrected chi connectivity index (χ1v) is 7.62. The highest BCUT2D eigenvalue weighted by molar-refractivity contribution is 5.99. The molecule has 1 aliphatic heterocycles. The van der Waals surface area contributed by atoms with Crippen LogP contribution in [0.2, 0.25) is 0 Å². The van der Waals surface area contributed by atoms with E-state index in [1.165, 1.54) is 19.3 Å². The van der Waals surface area contributed by atoms with Gasteiger partial charge in [0, 0.05) is 23.7 Å². The highest BCUT2D eigenvalue weighted by Crippen LogP contribution is 2.33. The first-order valence-electron chi connectivity index (χ1n) is 7.62. The number of nitrogens with zero attached hydrogens (tertiary/aromatic N) is 1. The smallest absolute Gasteiger partial charge is 0.230 e. The molecule has 0 saturated heterocycles. The van der Waals surface area contributed by atoms with Gasteiger partial charge in [-0.3, -0.25) is 9.59 Å². The zero-order valence-electron chi connectivity index (χ0n) is 12.0. The Morgan fingerprint density at radius 2 is 1.90 bits per heavy atom. The van der Waals surface area contributed by atoms with Gasteiger partial charge in [0.25, 0.3) is 0 Å². The second kappa shape index (κ2) is 5.39. The Balaban J connectivity index is 1.81. The van der Waals surface area contributed by atoms with Gasteiger partial charge in [-0.1, -0.05) is 19.3 Å². The Bertz CT molecular complexity index is 544. The van der Waals surface area contributed by atoms with Crippen LogP contribution in [0.1, 0.15) is 54.9 Å². The number of carbonyl (C=O) groups is 2. The summed E-state index contributed by atoms with van der Waals surface area (Å²) < 4.78 is 0. The van der Waals surface area contributed by atoms with Crippen LogP contribution in [-0.2, 0) is 11.2 Å².